The maximum Gasteiger partial charge on any atom is 0.285 e. The Morgan fingerprint density at radius 2 is 1.58 bits per heavy atom. The van der Waals surface area contributed by atoms with Crippen molar-refractivity contribution in [3.8, 4) is 0 Å². The van der Waals surface area contributed by atoms with Crippen LogP contribution in [0.15, 0.2) is 84.0 Å². The number of pyridine rings is 1. The Bertz CT molecular complexity index is 1350. The van der Waals surface area contributed by atoms with Gasteiger partial charge in [0.2, 0.25) is 0 Å². The Balaban J connectivity index is 1.54. The lowest BCUT2D eigenvalue weighted by Crippen LogP contribution is -2.44. The minimum absolute atomic E-state index is 0.281. The SMILES string of the molecule is O=C(NN1C(=O)/C(=C\c2c3ccccc3cc3ccccc23)SC1=S)c1ccncc1. The molecule has 7 heteroatoms. The molecule has 2 amide bonds. The number of fused-ring (bicyclic) bond motifs is 2. The molecule has 2 heterocycles. The highest BCUT2D eigenvalue weighted by Gasteiger charge is 2.34. The van der Waals surface area contributed by atoms with Gasteiger partial charge in [-0.05, 0) is 63.6 Å². The van der Waals surface area contributed by atoms with Gasteiger partial charge in [0.05, 0.1) is 4.91 Å². The van der Waals surface area contributed by atoms with Gasteiger partial charge >= 0.3 is 0 Å². The van der Waals surface area contributed by atoms with Crippen LogP contribution >= 0.6 is 24.0 Å². The normalized spacial score (nSPS) is 15.2. The molecule has 31 heavy (non-hydrogen) atoms. The van der Waals surface area contributed by atoms with E-state index in [0.717, 1.165) is 32.1 Å². The zero-order valence-electron chi connectivity index (χ0n) is 16.1. The van der Waals surface area contributed by atoms with Crippen LogP contribution in [0.5, 0.6) is 0 Å². The third-order valence-corrected chi connectivity index (χ3v) is 6.34. The standard InChI is InChI=1S/C24H15N3O2S2/c28-22(15-9-11-25-12-10-15)26-27-23(29)21(31-24(27)30)14-20-18-7-3-1-5-16(18)13-17-6-2-4-8-19(17)20/h1-14H,(H,26,28)/b21-14+. The summed E-state index contributed by atoms with van der Waals surface area (Å²) >= 11 is 6.54. The van der Waals surface area contributed by atoms with E-state index < -0.39 is 5.91 Å². The molecule has 1 saturated heterocycles. The van der Waals surface area contributed by atoms with E-state index in [1.165, 1.54) is 24.2 Å². The van der Waals surface area contributed by atoms with E-state index in [-0.39, 0.29) is 10.2 Å². The largest absolute Gasteiger partial charge is 0.285 e. The maximum atomic E-state index is 13.1. The van der Waals surface area contributed by atoms with Gasteiger partial charge in [-0.2, -0.15) is 5.01 Å². The molecule has 1 fully saturated rings. The lowest BCUT2D eigenvalue weighted by Gasteiger charge is -2.15. The molecular weight excluding hydrogens is 426 g/mol. The van der Waals surface area contributed by atoms with Crippen molar-refractivity contribution in [1.82, 2.24) is 15.4 Å². The van der Waals surface area contributed by atoms with Crippen molar-refractivity contribution in [3.63, 3.8) is 0 Å². The van der Waals surface area contributed by atoms with Crippen LogP contribution in [-0.4, -0.2) is 26.1 Å². The smallest absolute Gasteiger partial charge is 0.267 e. The predicted octanol–water partition coefficient (Wildman–Crippen LogP) is 4.93. The fraction of sp³-hybridized carbons (Fsp3) is 0. The third kappa shape index (κ3) is 3.58. The number of nitrogens with one attached hydrogen (secondary N) is 1. The number of thiocarbonyl (C=S) groups is 1. The highest BCUT2D eigenvalue weighted by molar-refractivity contribution is 8.26. The lowest BCUT2D eigenvalue weighted by atomic mass is 9.96. The van der Waals surface area contributed by atoms with Crippen LogP contribution in [0.1, 0.15) is 15.9 Å². The average Bonchev–Trinajstić information content (AvgIpc) is 3.06. The average molecular weight is 442 g/mol. The molecule has 0 bridgehead atoms. The number of aromatic nitrogens is 1. The van der Waals surface area contributed by atoms with E-state index in [1.54, 1.807) is 12.1 Å². The van der Waals surface area contributed by atoms with Crippen molar-refractivity contribution in [2.75, 3.05) is 0 Å². The fourth-order valence-corrected chi connectivity index (χ4v) is 4.73. The van der Waals surface area contributed by atoms with E-state index in [4.69, 9.17) is 12.2 Å². The minimum Gasteiger partial charge on any atom is -0.267 e. The Morgan fingerprint density at radius 3 is 2.23 bits per heavy atom. The Morgan fingerprint density at radius 1 is 0.968 bits per heavy atom. The molecule has 0 saturated carbocycles. The molecule has 1 N–H and O–H groups in total. The van der Waals surface area contributed by atoms with Crippen molar-refractivity contribution in [2.45, 2.75) is 0 Å². The number of amides is 2. The van der Waals surface area contributed by atoms with E-state index in [0.29, 0.717) is 10.5 Å². The summed E-state index contributed by atoms with van der Waals surface area (Å²) in [5.74, 6) is -0.773. The second-order valence-electron chi connectivity index (χ2n) is 6.93. The molecule has 1 aromatic heterocycles. The molecule has 1 aliphatic heterocycles. The number of carbonyl (C=O) groups is 2. The van der Waals surface area contributed by atoms with Gasteiger partial charge in [-0.15, -0.1) is 0 Å². The topological polar surface area (TPSA) is 62.3 Å². The molecule has 150 valence electrons. The van der Waals surface area contributed by atoms with Gasteiger partial charge in [0.1, 0.15) is 0 Å². The van der Waals surface area contributed by atoms with Gasteiger partial charge in [-0.1, -0.05) is 60.3 Å². The molecule has 0 spiro atoms. The zero-order valence-corrected chi connectivity index (χ0v) is 17.7. The second kappa shape index (κ2) is 7.94. The molecule has 5 nitrogen and oxygen atoms in total. The minimum atomic E-state index is -0.421. The van der Waals surface area contributed by atoms with Gasteiger partial charge in [0.25, 0.3) is 11.8 Å². The second-order valence-corrected chi connectivity index (χ2v) is 8.60. The van der Waals surface area contributed by atoms with Crippen molar-refractivity contribution >= 4 is 67.7 Å². The number of rotatable bonds is 3. The molecule has 0 unspecified atom stereocenters. The highest BCUT2D eigenvalue weighted by atomic mass is 32.2. The van der Waals surface area contributed by atoms with E-state index in [2.05, 4.69) is 28.6 Å². The quantitative estimate of drug-likeness (QED) is 0.277. The maximum absolute atomic E-state index is 13.1. The molecule has 0 radical (unpaired) electrons. The summed E-state index contributed by atoms with van der Waals surface area (Å²) < 4.78 is 0.281. The van der Waals surface area contributed by atoms with Crippen molar-refractivity contribution in [1.29, 1.82) is 0 Å². The van der Waals surface area contributed by atoms with Gasteiger partial charge < -0.3 is 0 Å². The summed E-state index contributed by atoms with van der Waals surface area (Å²) in [5.41, 5.74) is 3.95. The Labute approximate surface area is 187 Å². The third-order valence-electron chi connectivity index (χ3n) is 5.04. The molecule has 1 aliphatic rings. The summed E-state index contributed by atoms with van der Waals surface area (Å²) in [6, 6.07) is 21.4. The van der Waals surface area contributed by atoms with Crippen LogP contribution in [0, 0.1) is 0 Å². The Kier molecular flexibility index (Phi) is 4.97. The van der Waals surface area contributed by atoms with E-state index >= 15 is 0 Å². The monoisotopic (exact) mass is 441 g/mol. The van der Waals surface area contributed by atoms with Crippen LogP contribution in [-0.2, 0) is 4.79 Å². The van der Waals surface area contributed by atoms with Crippen LogP contribution < -0.4 is 5.43 Å². The number of hydrogen-bond donors (Lipinski definition) is 1. The molecule has 4 aromatic rings. The first kappa shape index (κ1) is 19.4. The predicted molar refractivity (Wildman–Crippen MR) is 128 cm³/mol. The number of benzene rings is 3. The van der Waals surface area contributed by atoms with Crippen LogP contribution in [0.2, 0.25) is 0 Å². The van der Waals surface area contributed by atoms with Crippen molar-refractivity contribution in [2.24, 2.45) is 0 Å². The summed E-state index contributed by atoms with van der Waals surface area (Å²) in [6.07, 6.45) is 4.90. The summed E-state index contributed by atoms with van der Waals surface area (Å²) in [5, 5.41) is 5.41. The summed E-state index contributed by atoms with van der Waals surface area (Å²) in [7, 11) is 0. The van der Waals surface area contributed by atoms with Gasteiger partial charge in [-0.25, -0.2) is 0 Å². The number of nitrogens with zero attached hydrogens (tertiary/aromatic N) is 2. The Hall–Kier alpha value is -3.55. The first-order chi connectivity index (χ1) is 15.1. The fourth-order valence-electron chi connectivity index (χ4n) is 3.57. The molecule has 5 rings (SSSR count). The first-order valence-corrected chi connectivity index (χ1v) is 10.7. The highest BCUT2D eigenvalue weighted by Crippen LogP contribution is 2.36. The van der Waals surface area contributed by atoms with E-state index in [1.807, 2.05) is 42.5 Å². The van der Waals surface area contributed by atoms with Crippen LogP contribution in [0.3, 0.4) is 0 Å². The van der Waals surface area contributed by atoms with Gasteiger partial charge in [-0.3, -0.25) is 20.0 Å². The molecule has 3 aromatic carbocycles. The van der Waals surface area contributed by atoms with Gasteiger partial charge in [0.15, 0.2) is 4.32 Å². The number of hydrazine groups is 1. The van der Waals surface area contributed by atoms with Crippen molar-refractivity contribution in [3.05, 3.63) is 95.2 Å². The van der Waals surface area contributed by atoms with E-state index in [9.17, 15) is 9.59 Å². The number of thioether (sulfide) groups is 1. The molecular formula is C24H15N3O2S2. The van der Waals surface area contributed by atoms with Crippen LogP contribution in [0.4, 0.5) is 0 Å². The van der Waals surface area contributed by atoms with Gasteiger partial charge in [0, 0.05) is 18.0 Å². The lowest BCUT2D eigenvalue weighted by molar-refractivity contribution is -0.123. The number of carbonyl (C=O) groups excluding carboxylic acids is 2. The summed E-state index contributed by atoms with van der Waals surface area (Å²) in [6.45, 7) is 0. The first-order valence-electron chi connectivity index (χ1n) is 9.51. The number of hydrogen-bond acceptors (Lipinski definition) is 5. The molecule has 0 atom stereocenters. The van der Waals surface area contributed by atoms with Crippen LogP contribution in [0.25, 0.3) is 27.6 Å². The zero-order chi connectivity index (χ0) is 21.4. The van der Waals surface area contributed by atoms with Crippen molar-refractivity contribution < 1.29 is 9.59 Å². The molecule has 0 aliphatic carbocycles. The summed E-state index contributed by atoms with van der Waals surface area (Å²) in [4.78, 5) is 29.9.